The van der Waals surface area contributed by atoms with E-state index in [9.17, 15) is 4.79 Å². The lowest BCUT2D eigenvalue weighted by molar-refractivity contribution is 0.0874. The van der Waals surface area contributed by atoms with E-state index in [2.05, 4.69) is 5.32 Å². The minimum atomic E-state index is 0.0608. The molecule has 0 bridgehead atoms. The quantitative estimate of drug-likeness (QED) is 0.825. The van der Waals surface area contributed by atoms with Gasteiger partial charge >= 0.3 is 0 Å². The van der Waals surface area contributed by atoms with Crippen LogP contribution in [0.3, 0.4) is 0 Å². The van der Waals surface area contributed by atoms with Gasteiger partial charge in [0.15, 0.2) is 5.78 Å². The average molecular weight is 249 g/mol. The Morgan fingerprint density at radius 3 is 2.33 bits per heavy atom. The first-order chi connectivity index (χ1) is 8.60. The first-order valence-corrected chi connectivity index (χ1v) is 6.07. The molecule has 1 aliphatic heterocycles. The highest BCUT2D eigenvalue weighted by Gasteiger charge is 2.29. The number of carbonyl (C=O) groups excluding carboxylic acids is 1. The second-order valence-corrected chi connectivity index (χ2v) is 4.63. The summed E-state index contributed by atoms with van der Waals surface area (Å²) >= 11 is 0. The highest BCUT2D eigenvalue weighted by Crippen LogP contribution is 2.34. The molecule has 0 spiro atoms. The fraction of sp³-hybridized carbons (Fsp3) is 0.500. The van der Waals surface area contributed by atoms with Crippen LogP contribution in [0.2, 0.25) is 0 Å². The van der Waals surface area contributed by atoms with E-state index in [0.29, 0.717) is 11.3 Å². The summed E-state index contributed by atoms with van der Waals surface area (Å²) in [5.74, 6) is 1.60. The van der Waals surface area contributed by atoms with Gasteiger partial charge in [-0.1, -0.05) is 0 Å². The zero-order valence-electron chi connectivity index (χ0n) is 11.3. The number of benzene rings is 1. The second-order valence-electron chi connectivity index (χ2n) is 4.63. The van der Waals surface area contributed by atoms with Crippen molar-refractivity contribution >= 4 is 5.78 Å². The molecule has 1 N–H and O–H groups in total. The molecular weight excluding hydrogens is 230 g/mol. The van der Waals surface area contributed by atoms with Crippen molar-refractivity contribution in [2.75, 3.05) is 27.3 Å². The summed E-state index contributed by atoms with van der Waals surface area (Å²) < 4.78 is 10.7. The van der Waals surface area contributed by atoms with E-state index in [1.54, 1.807) is 20.3 Å². The van der Waals surface area contributed by atoms with Gasteiger partial charge in [0, 0.05) is 19.0 Å². The van der Waals surface area contributed by atoms with Gasteiger partial charge in [-0.25, -0.2) is 0 Å². The molecule has 2 rings (SSSR count). The predicted octanol–water partition coefficient (Wildman–Crippen LogP) is 1.72. The van der Waals surface area contributed by atoms with Gasteiger partial charge in [-0.3, -0.25) is 4.79 Å². The molecule has 98 valence electrons. The third-order valence-electron chi connectivity index (χ3n) is 3.63. The summed E-state index contributed by atoms with van der Waals surface area (Å²) in [6.45, 7) is 5.41. The number of hydrogen-bond acceptors (Lipinski definition) is 4. The van der Waals surface area contributed by atoms with Gasteiger partial charge in [-0.2, -0.15) is 0 Å². The van der Waals surface area contributed by atoms with Gasteiger partial charge in [-0.15, -0.1) is 0 Å². The Morgan fingerprint density at radius 2 is 1.89 bits per heavy atom. The Hall–Kier alpha value is -1.55. The lowest BCUT2D eigenvalue weighted by Crippen LogP contribution is -2.46. The van der Waals surface area contributed by atoms with E-state index in [4.69, 9.17) is 9.47 Å². The maximum absolute atomic E-state index is 12.4. The molecule has 1 fully saturated rings. The number of ketones is 1. The molecule has 0 radical (unpaired) electrons. The molecule has 0 atom stereocenters. The van der Waals surface area contributed by atoms with Crippen molar-refractivity contribution in [3.63, 3.8) is 0 Å². The van der Waals surface area contributed by atoms with E-state index < -0.39 is 0 Å². The molecule has 4 heteroatoms. The molecule has 1 aromatic rings. The van der Waals surface area contributed by atoms with Crippen molar-refractivity contribution < 1.29 is 14.3 Å². The number of hydrogen-bond donors (Lipinski definition) is 1. The third kappa shape index (κ3) is 1.97. The van der Waals surface area contributed by atoms with Crippen LogP contribution in [0.1, 0.15) is 21.5 Å². The zero-order chi connectivity index (χ0) is 13.3. The van der Waals surface area contributed by atoms with Crippen LogP contribution in [0.15, 0.2) is 6.07 Å². The molecule has 4 nitrogen and oxygen atoms in total. The van der Waals surface area contributed by atoms with Crippen molar-refractivity contribution in [2.45, 2.75) is 13.8 Å². The van der Waals surface area contributed by atoms with Crippen LogP contribution >= 0.6 is 0 Å². The standard InChI is InChI=1S/C14H19NO3/c1-8-9(2)14(18-4)11(5-12(8)17-3)13(16)10-6-15-7-10/h5,10,15H,6-7H2,1-4H3. The summed E-state index contributed by atoms with van der Waals surface area (Å²) in [4.78, 5) is 12.4. The maximum Gasteiger partial charge on any atom is 0.172 e. The first kappa shape index (κ1) is 12.9. The summed E-state index contributed by atoms with van der Waals surface area (Å²) in [5.41, 5.74) is 2.61. The Kier molecular flexibility index (Phi) is 3.57. The van der Waals surface area contributed by atoms with Crippen molar-refractivity contribution in [3.8, 4) is 11.5 Å². The van der Waals surface area contributed by atoms with Gasteiger partial charge < -0.3 is 14.8 Å². The fourth-order valence-corrected chi connectivity index (χ4v) is 2.21. The molecular formula is C14H19NO3. The van der Waals surface area contributed by atoms with Crippen molar-refractivity contribution in [2.24, 2.45) is 5.92 Å². The fourth-order valence-electron chi connectivity index (χ4n) is 2.21. The maximum atomic E-state index is 12.4. The number of rotatable bonds is 4. The van der Waals surface area contributed by atoms with Crippen molar-refractivity contribution in [1.29, 1.82) is 0 Å². The molecule has 0 unspecified atom stereocenters. The minimum Gasteiger partial charge on any atom is -0.496 e. The van der Waals surface area contributed by atoms with Gasteiger partial charge in [0.2, 0.25) is 0 Å². The molecule has 1 aliphatic rings. The number of nitrogens with one attached hydrogen (secondary N) is 1. The number of methoxy groups -OCH3 is 2. The monoisotopic (exact) mass is 249 g/mol. The molecule has 1 saturated heterocycles. The lowest BCUT2D eigenvalue weighted by Gasteiger charge is -2.27. The second kappa shape index (κ2) is 4.98. The smallest absolute Gasteiger partial charge is 0.172 e. The van der Waals surface area contributed by atoms with E-state index in [1.807, 2.05) is 13.8 Å². The highest BCUT2D eigenvalue weighted by atomic mass is 16.5. The zero-order valence-corrected chi connectivity index (χ0v) is 11.3. The van der Waals surface area contributed by atoms with Gasteiger partial charge in [-0.05, 0) is 31.0 Å². The van der Waals surface area contributed by atoms with Gasteiger partial charge in [0.05, 0.1) is 19.8 Å². The summed E-state index contributed by atoms with van der Waals surface area (Å²) in [5, 5.41) is 3.11. The average Bonchev–Trinajstić information content (AvgIpc) is 2.30. The van der Waals surface area contributed by atoms with Crippen LogP contribution in [-0.2, 0) is 0 Å². The third-order valence-corrected chi connectivity index (χ3v) is 3.63. The highest BCUT2D eigenvalue weighted by molar-refractivity contribution is 6.02. The normalized spacial score (nSPS) is 15.1. The Labute approximate surface area is 107 Å². The molecule has 18 heavy (non-hydrogen) atoms. The Bertz CT molecular complexity index is 478. The van der Waals surface area contributed by atoms with E-state index in [0.717, 1.165) is 30.0 Å². The molecule has 0 aromatic heterocycles. The Balaban J connectivity index is 2.50. The van der Waals surface area contributed by atoms with Crippen LogP contribution in [0.5, 0.6) is 11.5 Å². The van der Waals surface area contributed by atoms with E-state index >= 15 is 0 Å². The van der Waals surface area contributed by atoms with E-state index in [1.165, 1.54) is 0 Å². The Morgan fingerprint density at radius 1 is 1.22 bits per heavy atom. The van der Waals surface area contributed by atoms with Crippen LogP contribution in [-0.4, -0.2) is 33.1 Å². The van der Waals surface area contributed by atoms with Crippen LogP contribution < -0.4 is 14.8 Å². The van der Waals surface area contributed by atoms with Crippen molar-refractivity contribution in [3.05, 3.63) is 22.8 Å². The summed E-state index contributed by atoms with van der Waals surface area (Å²) in [6.07, 6.45) is 0. The predicted molar refractivity (Wildman–Crippen MR) is 69.7 cm³/mol. The first-order valence-electron chi connectivity index (χ1n) is 6.07. The van der Waals surface area contributed by atoms with Gasteiger partial charge in [0.25, 0.3) is 0 Å². The van der Waals surface area contributed by atoms with Gasteiger partial charge in [0.1, 0.15) is 11.5 Å². The molecule has 0 aliphatic carbocycles. The van der Waals surface area contributed by atoms with Crippen LogP contribution in [0, 0.1) is 19.8 Å². The number of carbonyl (C=O) groups is 1. The minimum absolute atomic E-state index is 0.0608. The molecule has 1 aromatic carbocycles. The van der Waals surface area contributed by atoms with Crippen LogP contribution in [0.25, 0.3) is 0 Å². The van der Waals surface area contributed by atoms with E-state index in [-0.39, 0.29) is 11.7 Å². The summed E-state index contributed by atoms with van der Waals surface area (Å²) in [7, 11) is 3.22. The number of ether oxygens (including phenoxy) is 2. The topological polar surface area (TPSA) is 47.6 Å². The molecule has 1 heterocycles. The molecule has 0 saturated carbocycles. The van der Waals surface area contributed by atoms with Crippen molar-refractivity contribution in [1.82, 2.24) is 5.32 Å². The summed E-state index contributed by atoms with van der Waals surface area (Å²) in [6, 6.07) is 1.79. The largest absolute Gasteiger partial charge is 0.496 e. The molecule has 0 amide bonds. The number of Topliss-reactive ketones (excluding diaryl/α,β-unsaturated/α-hetero) is 1. The SMILES string of the molecule is COc1cc(C(=O)C2CNC2)c(OC)c(C)c1C. The van der Waals surface area contributed by atoms with Crippen LogP contribution in [0.4, 0.5) is 0 Å². The lowest BCUT2D eigenvalue weighted by atomic mass is 9.90.